The van der Waals surface area contributed by atoms with Gasteiger partial charge in [-0.25, -0.2) is 0 Å². The van der Waals surface area contributed by atoms with Crippen LogP contribution in [0, 0.1) is 11.8 Å². The zero-order valence-electron chi connectivity index (χ0n) is 10.6. The first-order valence-corrected chi connectivity index (χ1v) is 6.70. The van der Waals surface area contributed by atoms with Crippen molar-refractivity contribution in [2.24, 2.45) is 11.8 Å². The van der Waals surface area contributed by atoms with Gasteiger partial charge in [-0.1, -0.05) is 6.92 Å². The van der Waals surface area contributed by atoms with Gasteiger partial charge in [0.1, 0.15) is 0 Å². The van der Waals surface area contributed by atoms with Crippen molar-refractivity contribution in [3.05, 3.63) is 0 Å². The number of ether oxygens (including phenoxy) is 2. The summed E-state index contributed by atoms with van der Waals surface area (Å²) in [6.07, 6.45) is 5.46. The highest BCUT2D eigenvalue weighted by molar-refractivity contribution is 4.94. The molecule has 2 fully saturated rings. The maximum Gasteiger partial charge on any atom is 0.0755 e. The molecule has 16 heavy (non-hydrogen) atoms. The first-order chi connectivity index (χ1) is 7.86. The molecule has 3 unspecified atom stereocenters. The molecule has 1 aliphatic carbocycles. The van der Waals surface area contributed by atoms with E-state index in [1.807, 2.05) is 7.11 Å². The predicted octanol–water partition coefficient (Wildman–Crippen LogP) is 1.82. The van der Waals surface area contributed by atoms with Gasteiger partial charge in [0.15, 0.2) is 0 Å². The molecule has 0 aromatic carbocycles. The number of hydrogen-bond acceptors (Lipinski definition) is 3. The lowest BCUT2D eigenvalue weighted by molar-refractivity contribution is 0.0285. The fourth-order valence-corrected chi connectivity index (χ4v) is 2.76. The van der Waals surface area contributed by atoms with Crippen molar-refractivity contribution in [3.63, 3.8) is 0 Å². The smallest absolute Gasteiger partial charge is 0.0755 e. The lowest BCUT2D eigenvalue weighted by atomic mass is 9.91. The molecular weight excluding hydrogens is 202 g/mol. The second kappa shape index (κ2) is 5.99. The Labute approximate surface area is 98.9 Å². The van der Waals surface area contributed by atoms with Crippen LogP contribution in [0.1, 0.15) is 32.6 Å². The summed E-state index contributed by atoms with van der Waals surface area (Å²) >= 11 is 0. The number of rotatable bonds is 7. The van der Waals surface area contributed by atoms with Crippen molar-refractivity contribution in [2.75, 3.05) is 26.9 Å². The van der Waals surface area contributed by atoms with Crippen LogP contribution in [0.5, 0.6) is 0 Å². The summed E-state index contributed by atoms with van der Waals surface area (Å²) in [5, 5.41) is 3.68. The van der Waals surface area contributed by atoms with Gasteiger partial charge in [0.2, 0.25) is 0 Å². The Hall–Kier alpha value is -0.120. The zero-order chi connectivity index (χ0) is 11.4. The van der Waals surface area contributed by atoms with E-state index in [0.717, 1.165) is 25.7 Å². The van der Waals surface area contributed by atoms with Crippen molar-refractivity contribution < 1.29 is 9.47 Å². The summed E-state index contributed by atoms with van der Waals surface area (Å²) in [5.74, 6) is 1.44. The van der Waals surface area contributed by atoms with Crippen molar-refractivity contribution in [2.45, 2.75) is 44.8 Å². The number of hydrogen-bond donors (Lipinski definition) is 1. The van der Waals surface area contributed by atoms with Gasteiger partial charge < -0.3 is 14.8 Å². The molecule has 3 nitrogen and oxygen atoms in total. The Kier molecular flexibility index (Phi) is 4.62. The summed E-state index contributed by atoms with van der Waals surface area (Å²) < 4.78 is 11.2. The monoisotopic (exact) mass is 227 g/mol. The third kappa shape index (κ3) is 2.96. The van der Waals surface area contributed by atoms with E-state index in [-0.39, 0.29) is 0 Å². The van der Waals surface area contributed by atoms with Crippen LogP contribution in [0.15, 0.2) is 0 Å². The Bertz CT molecular complexity index is 200. The van der Waals surface area contributed by atoms with E-state index < -0.39 is 0 Å². The second-order valence-corrected chi connectivity index (χ2v) is 5.14. The van der Waals surface area contributed by atoms with Crippen LogP contribution in [0.3, 0.4) is 0 Å². The van der Waals surface area contributed by atoms with Crippen LogP contribution >= 0.6 is 0 Å². The summed E-state index contributed by atoms with van der Waals surface area (Å²) in [6, 6.07) is 0.500. The van der Waals surface area contributed by atoms with Crippen LogP contribution in [0.25, 0.3) is 0 Å². The summed E-state index contributed by atoms with van der Waals surface area (Å²) in [6.45, 7) is 5.14. The Balaban J connectivity index is 1.93. The highest BCUT2D eigenvalue weighted by Gasteiger charge is 2.40. The Morgan fingerprint density at radius 2 is 2.12 bits per heavy atom. The molecule has 0 bridgehead atoms. The van der Waals surface area contributed by atoms with Gasteiger partial charge in [0, 0.05) is 25.7 Å². The van der Waals surface area contributed by atoms with Crippen molar-refractivity contribution >= 4 is 0 Å². The lowest BCUT2D eigenvalue weighted by Gasteiger charge is -2.31. The lowest BCUT2D eigenvalue weighted by Crippen LogP contribution is -2.48. The van der Waals surface area contributed by atoms with Crippen LogP contribution in [0.4, 0.5) is 0 Å². The van der Waals surface area contributed by atoms with Gasteiger partial charge in [-0.05, 0) is 38.1 Å². The second-order valence-electron chi connectivity index (χ2n) is 5.14. The van der Waals surface area contributed by atoms with Gasteiger partial charge in [-0.2, -0.15) is 0 Å². The van der Waals surface area contributed by atoms with E-state index in [0.29, 0.717) is 18.1 Å². The summed E-state index contributed by atoms with van der Waals surface area (Å²) in [5.41, 5.74) is 0. The molecule has 1 N–H and O–H groups in total. The van der Waals surface area contributed by atoms with Crippen LogP contribution in [-0.4, -0.2) is 39.0 Å². The standard InChI is InChI=1S/C13H25NO2/c1-3-7-14-12(11-6-8-16-9-11)13(15-2)10-4-5-10/h10-14H,3-9H2,1-2H3. The molecule has 0 aromatic heterocycles. The van der Waals surface area contributed by atoms with E-state index in [1.54, 1.807) is 0 Å². The van der Waals surface area contributed by atoms with E-state index in [1.165, 1.54) is 25.7 Å². The average Bonchev–Trinajstić information content (AvgIpc) is 2.99. The van der Waals surface area contributed by atoms with E-state index in [2.05, 4.69) is 12.2 Å². The van der Waals surface area contributed by atoms with Crippen LogP contribution in [0.2, 0.25) is 0 Å². The fourth-order valence-electron chi connectivity index (χ4n) is 2.76. The third-order valence-electron chi connectivity index (χ3n) is 3.82. The molecule has 1 heterocycles. The third-order valence-corrected chi connectivity index (χ3v) is 3.82. The van der Waals surface area contributed by atoms with Gasteiger partial charge in [0.25, 0.3) is 0 Å². The van der Waals surface area contributed by atoms with Gasteiger partial charge in [0.05, 0.1) is 12.7 Å². The van der Waals surface area contributed by atoms with Crippen LogP contribution < -0.4 is 5.32 Å². The predicted molar refractivity (Wildman–Crippen MR) is 64.5 cm³/mol. The summed E-state index contributed by atoms with van der Waals surface area (Å²) in [7, 11) is 1.86. The molecule has 94 valence electrons. The molecule has 1 aliphatic heterocycles. The quantitative estimate of drug-likeness (QED) is 0.719. The molecule has 1 saturated heterocycles. The first kappa shape index (κ1) is 12.3. The van der Waals surface area contributed by atoms with E-state index in [9.17, 15) is 0 Å². The minimum atomic E-state index is 0.401. The highest BCUT2D eigenvalue weighted by Crippen LogP contribution is 2.38. The molecule has 2 rings (SSSR count). The molecule has 0 spiro atoms. The normalized spacial score (nSPS) is 29.2. The zero-order valence-corrected chi connectivity index (χ0v) is 10.6. The Morgan fingerprint density at radius 3 is 2.62 bits per heavy atom. The summed E-state index contributed by atoms with van der Waals surface area (Å²) in [4.78, 5) is 0. The Morgan fingerprint density at radius 1 is 1.31 bits per heavy atom. The average molecular weight is 227 g/mol. The fraction of sp³-hybridized carbons (Fsp3) is 1.00. The molecule has 0 radical (unpaired) electrons. The van der Waals surface area contributed by atoms with Gasteiger partial charge >= 0.3 is 0 Å². The molecule has 2 aliphatic rings. The molecule has 3 atom stereocenters. The maximum atomic E-state index is 5.73. The first-order valence-electron chi connectivity index (χ1n) is 6.70. The van der Waals surface area contributed by atoms with Gasteiger partial charge in [-0.15, -0.1) is 0 Å². The van der Waals surface area contributed by atoms with Crippen LogP contribution in [-0.2, 0) is 9.47 Å². The number of methoxy groups -OCH3 is 1. The molecule has 3 heteroatoms. The topological polar surface area (TPSA) is 30.5 Å². The SMILES string of the molecule is CCCNC(C1CCOC1)C(OC)C1CC1. The van der Waals surface area contributed by atoms with Crippen molar-refractivity contribution in [3.8, 4) is 0 Å². The molecule has 1 saturated carbocycles. The largest absolute Gasteiger partial charge is 0.381 e. The minimum Gasteiger partial charge on any atom is -0.381 e. The minimum absolute atomic E-state index is 0.401. The van der Waals surface area contributed by atoms with Gasteiger partial charge in [-0.3, -0.25) is 0 Å². The van der Waals surface area contributed by atoms with Crippen molar-refractivity contribution in [1.82, 2.24) is 5.32 Å². The molecule has 0 amide bonds. The maximum absolute atomic E-state index is 5.73. The number of nitrogens with one attached hydrogen (secondary N) is 1. The molecule has 0 aromatic rings. The van der Waals surface area contributed by atoms with Crippen molar-refractivity contribution in [1.29, 1.82) is 0 Å². The highest BCUT2D eigenvalue weighted by atomic mass is 16.5. The van der Waals surface area contributed by atoms with E-state index >= 15 is 0 Å². The van der Waals surface area contributed by atoms with E-state index in [4.69, 9.17) is 9.47 Å². The molecular formula is C13H25NO2.